The molecule has 0 unspecified atom stereocenters. The van der Waals surface area contributed by atoms with Crippen LogP contribution < -0.4 is 0 Å². The Morgan fingerprint density at radius 2 is 0.750 bits per heavy atom. The lowest BCUT2D eigenvalue weighted by atomic mass is 10.6. The fourth-order valence-corrected chi connectivity index (χ4v) is 1.62. The van der Waals surface area contributed by atoms with Gasteiger partial charge < -0.3 is 0 Å². The number of hydrazine groups is 4. The van der Waals surface area contributed by atoms with E-state index < -0.39 is 75.5 Å². The molecule has 0 saturated carbocycles. The zero-order valence-electron chi connectivity index (χ0n) is 12.7. The Kier molecular flexibility index (Phi) is 5.91. The van der Waals surface area contributed by atoms with Crippen molar-refractivity contribution in [2.24, 2.45) is 10.2 Å². The first-order chi connectivity index (χ1) is 12.9. The molecule has 0 radical (unpaired) electrons. The van der Waals surface area contributed by atoms with E-state index in [2.05, 4.69) is 10.2 Å². The van der Waals surface area contributed by atoms with E-state index >= 15 is 0 Å². The van der Waals surface area contributed by atoms with Gasteiger partial charge in [0.2, 0.25) is 13.3 Å². The SMILES string of the molecule is O=[N+]([O-])N=C1N([N+](=O)[O-])CN([N+](=O)[O-])C(=N[N+](=O)[O-])N([N+](=O)[O-])CN1[N+](=O)[O-]. The largest absolute Gasteiger partial charge is 0.398 e. The molecule has 1 heterocycles. The molecule has 152 valence electrons. The van der Waals surface area contributed by atoms with Gasteiger partial charge in [-0.3, -0.25) is 0 Å². The average Bonchev–Trinajstić information content (AvgIpc) is 2.50. The zero-order chi connectivity index (χ0) is 21.8. The summed E-state index contributed by atoms with van der Waals surface area (Å²) in [5.41, 5.74) is 0. The van der Waals surface area contributed by atoms with Crippen LogP contribution in [0.2, 0.25) is 0 Å². The van der Waals surface area contributed by atoms with Crippen molar-refractivity contribution < 1.29 is 30.2 Å². The zero-order valence-corrected chi connectivity index (χ0v) is 12.7. The summed E-state index contributed by atoms with van der Waals surface area (Å²) in [5.74, 6) is -3.56. The molecule has 0 spiro atoms. The lowest BCUT2D eigenvalue weighted by Gasteiger charge is -2.26. The standard InChI is InChI=1S/C4H4N12O12/c17-11(18)5-3-7(13(21)22)1-8(14(23)24)4(6-12(19)20)10(16(27)28)2-9(3)15(25)26/h1-2H2. The number of rotatable bonds is 6. The minimum Gasteiger partial charge on any atom is -0.234 e. The summed E-state index contributed by atoms with van der Waals surface area (Å²) >= 11 is 0. The lowest BCUT2D eigenvalue weighted by Crippen LogP contribution is -2.64. The van der Waals surface area contributed by atoms with Crippen LogP contribution in [0.5, 0.6) is 0 Å². The fraction of sp³-hybridized carbons (Fsp3) is 0.500. The van der Waals surface area contributed by atoms with Gasteiger partial charge in [0.1, 0.15) is 10.2 Å². The average molecular weight is 412 g/mol. The van der Waals surface area contributed by atoms with Crippen LogP contribution in [0.15, 0.2) is 10.2 Å². The van der Waals surface area contributed by atoms with E-state index in [0.717, 1.165) is 0 Å². The Morgan fingerprint density at radius 3 is 0.893 bits per heavy atom. The molecular weight excluding hydrogens is 408 g/mol. The van der Waals surface area contributed by atoms with E-state index in [1.54, 1.807) is 0 Å². The third-order valence-electron chi connectivity index (χ3n) is 2.59. The predicted molar refractivity (Wildman–Crippen MR) is 73.9 cm³/mol. The van der Waals surface area contributed by atoms with Gasteiger partial charge in [0.15, 0.2) is 30.2 Å². The van der Waals surface area contributed by atoms with Crippen LogP contribution in [-0.4, -0.2) is 75.5 Å². The first kappa shape index (κ1) is 21.0. The van der Waals surface area contributed by atoms with E-state index in [9.17, 15) is 60.7 Å². The van der Waals surface area contributed by atoms with Gasteiger partial charge in [-0.05, 0) is 20.0 Å². The molecule has 0 aromatic rings. The van der Waals surface area contributed by atoms with Gasteiger partial charge >= 0.3 is 11.9 Å². The quantitative estimate of drug-likeness (QED) is 0.309. The Labute approximate surface area is 147 Å². The molecule has 0 N–H and O–H groups in total. The highest BCUT2D eigenvalue weighted by molar-refractivity contribution is 5.81. The molecule has 1 fully saturated rings. The monoisotopic (exact) mass is 412 g/mol. The van der Waals surface area contributed by atoms with Gasteiger partial charge in [0.05, 0.1) is 0 Å². The Bertz CT molecular complexity index is 692. The summed E-state index contributed by atoms with van der Waals surface area (Å²) < 4.78 is 0. The van der Waals surface area contributed by atoms with Crippen LogP contribution in [0.25, 0.3) is 0 Å². The topological polar surface area (TPSA) is 297 Å². The number of hydrogen-bond acceptors (Lipinski definition) is 12. The van der Waals surface area contributed by atoms with Crippen molar-refractivity contribution >= 4 is 11.9 Å². The smallest absolute Gasteiger partial charge is 0.234 e. The lowest BCUT2D eigenvalue weighted by molar-refractivity contribution is -0.723. The molecule has 0 aromatic carbocycles. The molecule has 24 heteroatoms. The number of nitro groups is 6. The van der Waals surface area contributed by atoms with E-state index in [4.69, 9.17) is 0 Å². The van der Waals surface area contributed by atoms with E-state index in [1.165, 1.54) is 0 Å². The minimum atomic E-state index is -1.83. The van der Waals surface area contributed by atoms with Crippen molar-refractivity contribution in [1.82, 2.24) is 20.0 Å². The van der Waals surface area contributed by atoms with E-state index in [1.807, 2.05) is 0 Å². The Morgan fingerprint density at radius 1 is 0.536 bits per heavy atom. The van der Waals surface area contributed by atoms with Crippen molar-refractivity contribution in [3.05, 3.63) is 60.7 Å². The predicted octanol–water partition coefficient (Wildman–Crippen LogP) is -3.01. The van der Waals surface area contributed by atoms with Crippen LogP contribution in [0.4, 0.5) is 0 Å². The second kappa shape index (κ2) is 7.88. The van der Waals surface area contributed by atoms with E-state index in [0.29, 0.717) is 0 Å². The van der Waals surface area contributed by atoms with Crippen molar-refractivity contribution in [3.63, 3.8) is 0 Å². The Balaban J connectivity index is 3.81. The van der Waals surface area contributed by atoms with Crippen LogP contribution in [0.1, 0.15) is 0 Å². The fourth-order valence-electron chi connectivity index (χ4n) is 1.62. The highest BCUT2D eigenvalue weighted by Crippen LogP contribution is 2.13. The van der Waals surface area contributed by atoms with Gasteiger partial charge in [-0.2, -0.15) is 0 Å². The third kappa shape index (κ3) is 4.52. The maximum atomic E-state index is 11.1. The summed E-state index contributed by atoms with van der Waals surface area (Å²) in [4.78, 5) is 65.5. The van der Waals surface area contributed by atoms with Crippen LogP contribution >= 0.6 is 0 Å². The highest BCUT2D eigenvalue weighted by atomic mass is 16.7. The molecular formula is C4H4N12O12. The summed E-state index contributed by atoms with van der Waals surface area (Å²) in [6.45, 7) is -3.65. The minimum absolute atomic E-state index is 0.610. The second-order valence-electron chi connectivity index (χ2n) is 4.11. The highest BCUT2D eigenvalue weighted by Gasteiger charge is 2.52. The van der Waals surface area contributed by atoms with Gasteiger partial charge in [-0.25, -0.2) is 60.7 Å². The molecule has 0 aliphatic carbocycles. The van der Waals surface area contributed by atoms with Gasteiger partial charge in [0.25, 0.3) is 0 Å². The summed E-state index contributed by atoms with van der Waals surface area (Å²) in [6.07, 6.45) is 0. The van der Waals surface area contributed by atoms with Crippen LogP contribution in [0, 0.1) is 60.7 Å². The number of hydrazone groups is 2. The van der Waals surface area contributed by atoms with Gasteiger partial charge in [0, 0.05) is 0 Å². The van der Waals surface area contributed by atoms with Crippen molar-refractivity contribution in [2.45, 2.75) is 0 Å². The molecule has 28 heavy (non-hydrogen) atoms. The van der Waals surface area contributed by atoms with E-state index in [-0.39, 0.29) is 0 Å². The summed E-state index contributed by atoms with van der Waals surface area (Å²) in [7, 11) is 0. The number of guanidine groups is 2. The van der Waals surface area contributed by atoms with Crippen LogP contribution in [-0.2, 0) is 0 Å². The molecule has 0 bridgehead atoms. The normalized spacial score (nSPS) is 14.7. The van der Waals surface area contributed by atoms with Crippen molar-refractivity contribution in [3.8, 4) is 0 Å². The molecule has 1 aliphatic rings. The summed E-state index contributed by atoms with van der Waals surface area (Å²) in [6, 6.07) is 0. The molecule has 0 aromatic heterocycles. The molecule has 24 nitrogen and oxygen atoms in total. The van der Waals surface area contributed by atoms with Crippen molar-refractivity contribution in [1.29, 1.82) is 0 Å². The molecule has 1 aliphatic heterocycles. The maximum Gasteiger partial charge on any atom is 0.398 e. The molecule has 0 atom stereocenters. The van der Waals surface area contributed by atoms with Gasteiger partial charge in [-0.15, -0.1) is 0 Å². The van der Waals surface area contributed by atoms with Crippen molar-refractivity contribution in [2.75, 3.05) is 13.3 Å². The first-order valence-electron chi connectivity index (χ1n) is 6.00. The number of nitrogens with zero attached hydrogens (tertiary/aromatic N) is 12. The first-order valence-corrected chi connectivity index (χ1v) is 6.00. The van der Waals surface area contributed by atoms with Gasteiger partial charge in [-0.1, -0.05) is 0 Å². The maximum absolute atomic E-state index is 11.1. The Hall–Kier alpha value is -5.06. The molecule has 1 rings (SSSR count). The molecule has 0 amide bonds. The summed E-state index contributed by atoms with van der Waals surface area (Å²) in [5, 5.41) is 58.0. The van der Waals surface area contributed by atoms with Crippen LogP contribution in [0.3, 0.4) is 0 Å². The number of hydrogen-bond donors (Lipinski definition) is 0. The third-order valence-corrected chi connectivity index (χ3v) is 2.59. The second-order valence-corrected chi connectivity index (χ2v) is 4.11. The molecule has 1 saturated heterocycles.